The Kier molecular flexibility index (Phi) is 7.19. The van der Waals surface area contributed by atoms with E-state index in [1.54, 1.807) is 42.7 Å². The highest BCUT2D eigenvalue weighted by atomic mass is 35.5. The molecule has 0 aliphatic rings. The minimum atomic E-state index is -0.375. The molecule has 0 bridgehead atoms. The summed E-state index contributed by atoms with van der Waals surface area (Å²) in [7, 11) is 0. The van der Waals surface area contributed by atoms with Gasteiger partial charge in [-0.1, -0.05) is 26.0 Å². The molecule has 6 heteroatoms. The van der Waals surface area contributed by atoms with Crippen molar-refractivity contribution in [3.8, 4) is 0 Å². The molecule has 0 aliphatic carbocycles. The van der Waals surface area contributed by atoms with Crippen molar-refractivity contribution in [3.63, 3.8) is 0 Å². The van der Waals surface area contributed by atoms with Crippen LogP contribution in [0.1, 0.15) is 53.0 Å². The van der Waals surface area contributed by atoms with Gasteiger partial charge in [-0.05, 0) is 31.0 Å². The van der Waals surface area contributed by atoms with Crippen LogP contribution in [0.15, 0.2) is 42.7 Å². The van der Waals surface area contributed by atoms with Crippen LogP contribution in [-0.2, 0) is 0 Å². The molecule has 5 nitrogen and oxygen atoms in total. The summed E-state index contributed by atoms with van der Waals surface area (Å²) in [6, 6.07) is 8.37. The SMILES string of the molecule is CCC(N)(CC)CNC(=O)c1ccc(C(=O)c2cc[nH]c2)cc1.Cl. The van der Waals surface area contributed by atoms with Crippen molar-refractivity contribution >= 4 is 24.1 Å². The lowest BCUT2D eigenvalue weighted by atomic mass is 9.94. The molecule has 0 saturated heterocycles. The number of benzene rings is 1. The largest absolute Gasteiger partial charge is 0.367 e. The summed E-state index contributed by atoms with van der Waals surface area (Å²) in [6.07, 6.45) is 4.95. The first-order valence-corrected chi connectivity index (χ1v) is 7.83. The van der Waals surface area contributed by atoms with Gasteiger partial charge >= 0.3 is 0 Å². The number of rotatable bonds is 7. The zero-order valence-corrected chi connectivity index (χ0v) is 14.8. The number of nitrogens with two attached hydrogens (primary N) is 1. The van der Waals surface area contributed by atoms with Crippen molar-refractivity contribution in [3.05, 3.63) is 59.4 Å². The molecule has 0 unspecified atom stereocenters. The fourth-order valence-electron chi connectivity index (χ4n) is 2.26. The number of nitrogens with one attached hydrogen (secondary N) is 2. The molecular weight excluding hydrogens is 326 g/mol. The summed E-state index contributed by atoms with van der Waals surface area (Å²) in [4.78, 5) is 27.2. The third-order valence-corrected chi connectivity index (χ3v) is 4.28. The molecular formula is C18H24ClN3O2. The van der Waals surface area contributed by atoms with E-state index in [4.69, 9.17) is 5.73 Å². The van der Waals surface area contributed by atoms with Crippen molar-refractivity contribution < 1.29 is 9.59 Å². The van der Waals surface area contributed by atoms with E-state index in [2.05, 4.69) is 10.3 Å². The molecule has 1 aromatic heterocycles. The Morgan fingerprint density at radius 1 is 1.04 bits per heavy atom. The standard InChI is InChI=1S/C18H23N3O2.ClH/c1-3-18(19,4-2)12-21-17(23)14-7-5-13(6-8-14)16(22)15-9-10-20-11-15;/h5-11,20H,3-4,12,19H2,1-2H3,(H,21,23);1H. The summed E-state index contributed by atoms with van der Waals surface area (Å²) in [5.74, 6) is -0.251. The Morgan fingerprint density at radius 2 is 1.62 bits per heavy atom. The lowest BCUT2D eigenvalue weighted by Gasteiger charge is -2.26. The van der Waals surface area contributed by atoms with Crippen molar-refractivity contribution in [2.75, 3.05) is 6.54 Å². The van der Waals surface area contributed by atoms with E-state index in [0.29, 0.717) is 23.2 Å². The molecule has 0 saturated carbocycles. The lowest BCUT2D eigenvalue weighted by molar-refractivity contribution is 0.0941. The fraction of sp³-hybridized carbons (Fsp3) is 0.333. The van der Waals surface area contributed by atoms with Gasteiger partial charge in [0.25, 0.3) is 5.91 Å². The Bertz CT molecular complexity index is 662. The lowest BCUT2D eigenvalue weighted by Crippen LogP contribution is -2.49. The predicted octanol–water partition coefficient (Wildman–Crippen LogP) is 2.91. The van der Waals surface area contributed by atoms with Crippen molar-refractivity contribution in [2.24, 2.45) is 5.73 Å². The number of halogens is 1. The average molecular weight is 350 g/mol. The molecule has 130 valence electrons. The zero-order valence-electron chi connectivity index (χ0n) is 14.0. The normalized spacial score (nSPS) is 10.8. The zero-order chi connectivity index (χ0) is 16.9. The Labute approximate surface area is 148 Å². The molecule has 1 aromatic carbocycles. The quantitative estimate of drug-likeness (QED) is 0.671. The highest BCUT2D eigenvalue weighted by Gasteiger charge is 2.21. The second kappa shape index (κ2) is 8.66. The number of carbonyl (C=O) groups excluding carboxylic acids is 2. The number of carbonyl (C=O) groups is 2. The second-order valence-electron chi connectivity index (χ2n) is 5.76. The van der Waals surface area contributed by atoms with Gasteiger partial charge in [-0.2, -0.15) is 0 Å². The van der Waals surface area contributed by atoms with Crippen LogP contribution >= 0.6 is 12.4 Å². The highest BCUT2D eigenvalue weighted by molar-refractivity contribution is 6.09. The number of aromatic nitrogens is 1. The van der Waals surface area contributed by atoms with E-state index in [0.717, 1.165) is 12.8 Å². The van der Waals surface area contributed by atoms with Gasteiger partial charge in [0, 0.05) is 41.2 Å². The van der Waals surface area contributed by atoms with Crippen LogP contribution in [0, 0.1) is 0 Å². The molecule has 0 radical (unpaired) electrons. The van der Waals surface area contributed by atoms with E-state index in [-0.39, 0.29) is 29.6 Å². The van der Waals surface area contributed by atoms with Crippen molar-refractivity contribution in [1.82, 2.24) is 10.3 Å². The molecule has 1 amide bonds. The van der Waals surface area contributed by atoms with Crippen LogP contribution in [0.25, 0.3) is 0 Å². The monoisotopic (exact) mass is 349 g/mol. The maximum atomic E-state index is 12.2. The van der Waals surface area contributed by atoms with Crippen molar-refractivity contribution in [1.29, 1.82) is 0 Å². The van der Waals surface area contributed by atoms with Crippen LogP contribution in [0.5, 0.6) is 0 Å². The van der Waals surface area contributed by atoms with Gasteiger partial charge in [-0.15, -0.1) is 12.4 Å². The maximum Gasteiger partial charge on any atom is 0.251 e. The number of H-pyrrole nitrogens is 1. The van der Waals surface area contributed by atoms with E-state index in [1.807, 2.05) is 13.8 Å². The molecule has 0 aliphatic heterocycles. The minimum Gasteiger partial charge on any atom is -0.367 e. The highest BCUT2D eigenvalue weighted by Crippen LogP contribution is 2.12. The third-order valence-electron chi connectivity index (χ3n) is 4.28. The smallest absolute Gasteiger partial charge is 0.251 e. The van der Waals surface area contributed by atoms with Crippen LogP contribution in [0.4, 0.5) is 0 Å². The Balaban J connectivity index is 0.00000288. The van der Waals surface area contributed by atoms with E-state index < -0.39 is 0 Å². The van der Waals surface area contributed by atoms with Gasteiger partial charge in [0.15, 0.2) is 5.78 Å². The van der Waals surface area contributed by atoms with E-state index in [9.17, 15) is 9.59 Å². The first-order valence-electron chi connectivity index (χ1n) is 7.83. The van der Waals surface area contributed by atoms with Crippen LogP contribution in [0.2, 0.25) is 0 Å². The van der Waals surface area contributed by atoms with Crippen LogP contribution < -0.4 is 11.1 Å². The summed E-state index contributed by atoms with van der Waals surface area (Å²) in [6.45, 7) is 4.46. The molecule has 2 rings (SSSR count). The summed E-state index contributed by atoms with van der Waals surface area (Å²) >= 11 is 0. The summed E-state index contributed by atoms with van der Waals surface area (Å²) in [5, 5.41) is 2.86. The number of amides is 1. The predicted molar refractivity (Wildman–Crippen MR) is 97.7 cm³/mol. The number of hydrogen-bond donors (Lipinski definition) is 3. The van der Waals surface area contributed by atoms with Gasteiger partial charge in [0.05, 0.1) is 0 Å². The molecule has 0 spiro atoms. The van der Waals surface area contributed by atoms with Crippen LogP contribution in [0.3, 0.4) is 0 Å². The van der Waals surface area contributed by atoms with E-state index >= 15 is 0 Å². The van der Waals surface area contributed by atoms with Gasteiger partial charge in [0.1, 0.15) is 0 Å². The first-order chi connectivity index (χ1) is 11.0. The van der Waals surface area contributed by atoms with Crippen molar-refractivity contribution in [2.45, 2.75) is 32.2 Å². The molecule has 4 N–H and O–H groups in total. The molecule has 0 atom stereocenters. The molecule has 2 aromatic rings. The first kappa shape index (κ1) is 19.9. The molecule has 1 heterocycles. The van der Waals surface area contributed by atoms with Gasteiger partial charge in [-0.3, -0.25) is 9.59 Å². The van der Waals surface area contributed by atoms with Gasteiger partial charge in [-0.25, -0.2) is 0 Å². The van der Waals surface area contributed by atoms with E-state index in [1.165, 1.54) is 0 Å². The number of aromatic amines is 1. The maximum absolute atomic E-state index is 12.2. The Morgan fingerprint density at radius 3 is 2.12 bits per heavy atom. The molecule has 24 heavy (non-hydrogen) atoms. The third kappa shape index (κ3) is 4.69. The second-order valence-corrected chi connectivity index (χ2v) is 5.76. The summed E-state index contributed by atoms with van der Waals surface area (Å²) in [5.41, 5.74) is 7.47. The summed E-state index contributed by atoms with van der Waals surface area (Å²) < 4.78 is 0. The number of hydrogen-bond acceptors (Lipinski definition) is 3. The Hall–Kier alpha value is -2.11. The topological polar surface area (TPSA) is 88.0 Å². The fourth-order valence-corrected chi connectivity index (χ4v) is 2.26. The van der Waals surface area contributed by atoms with Gasteiger partial charge < -0.3 is 16.0 Å². The number of ketones is 1. The van der Waals surface area contributed by atoms with Gasteiger partial charge in [0.2, 0.25) is 0 Å². The minimum absolute atomic E-state index is 0. The van der Waals surface area contributed by atoms with Crippen LogP contribution in [-0.4, -0.2) is 28.8 Å². The molecule has 0 fully saturated rings. The average Bonchev–Trinajstić information content (AvgIpc) is 3.13.